The number of halogens is 1. The van der Waals surface area contributed by atoms with Gasteiger partial charge in [-0.2, -0.15) is 0 Å². The van der Waals surface area contributed by atoms with Gasteiger partial charge in [0.25, 0.3) is 5.91 Å². The Bertz CT molecular complexity index is 865. The molecule has 1 N–H and O–H groups in total. The van der Waals surface area contributed by atoms with Crippen molar-refractivity contribution in [1.29, 1.82) is 0 Å². The van der Waals surface area contributed by atoms with Crippen LogP contribution in [0.4, 0.5) is 0 Å². The number of carbonyl (C=O) groups is 2. The molecular weight excluding hydrogens is 511 g/mol. The van der Waals surface area contributed by atoms with Crippen molar-refractivity contribution in [3.05, 3.63) is 69.3 Å². The fourth-order valence-electron chi connectivity index (χ4n) is 4.60. The van der Waals surface area contributed by atoms with Crippen molar-refractivity contribution in [1.82, 2.24) is 10.2 Å². The van der Waals surface area contributed by atoms with Crippen LogP contribution in [0.5, 0.6) is 0 Å². The Hall–Kier alpha value is -1.89. The molecule has 2 aromatic rings. The van der Waals surface area contributed by atoms with Gasteiger partial charge in [-0.05, 0) is 71.9 Å². The van der Waals surface area contributed by atoms with Crippen molar-refractivity contribution in [2.45, 2.75) is 64.3 Å². The van der Waals surface area contributed by atoms with Gasteiger partial charge in [0.2, 0.25) is 5.91 Å². The molecule has 3 rings (SSSR count). The second-order valence-electron chi connectivity index (χ2n) is 8.70. The lowest BCUT2D eigenvalue weighted by atomic mass is 9.82. The molecule has 1 fully saturated rings. The molecule has 1 saturated carbocycles. The summed E-state index contributed by atoms with van der Waals surface area (Å²) in [6.45, 7) is 3.33. The van der Waals surface area contributed by atoms with E-state index in [9.17, 15) is 9.59 Å². The second kappa shape index (κ2) is 13.0. The molecule has 0 aliphatic heterocycles. The lowest BCUT2D eigenvalue weighted by Gasteiger charge is -2.38. The smallest absolute Gasteiger partial charge is 0.255 e. The first kappa shape index (κ1) is 24.7. The van der Waals surface area contributed by atoms with Gasteiger partial charge in [-0.15, -0.1) is 0 Å². The topological polar surface area (TPSA) is 49.4 Å². The molecule has 0 radical (unpaired) electrons. The highest BCUT2D eigenvalue weighted by molar-refractivity contribution is 14.1. The number of carbonyl (C=O) groups excluding carboxylic acids is 2. The first-order chi connectivity index (χ1) is 15.6. The minimum Gasteiger partial charge on any atom is -0.354 e. The van der Waals surface area contributed by atoms with E-state index in [0.717, 1.165) is 48.5 Å². The van der Waals surface area contributed by atoms with E-state index in [1.165, 1.54) is 12.0 Å². The highest BCUT2D eigenvalue weighted by Gasteiger charge is 2.37. The number of benzene rings is 2. The van der Waals surface area contributed by atoms with Crippen molar-refractivity contribution < 1.29 is 9.59 Å². The zero-order valence-electron chi connectivity index (χ0n) is 19.1. The number of rotatable bonds is 10. The van der Waals surface area contributed by atoms with Gasteiger partial charge in [0.15, 0.2) is 0 Å². The maximum Gasteiger partial charge on any atom is 0.255 e. The zero-order valence-corrected chi connectivity index (χ0v) is 21.2. The van der Waals surface area contributed by atoms with Gasteiger partial charge in [-0.3, -0.25) is 9.59 Å². The van der Waals surface area contributed by atoms with Crippen molar-refractivity contribution >= 4 is 34.4 Å². The first-order valence-electron chi connectivity index (χ1n) is 12.0. The molecule has 0 bridgehead atoms. The largest absolute Gasteiger partial charge is 0.354 e. The third-order valence-electron chi connectivity index (χ3n) is 6.38. The average molecular weight is 546 g/mol. The molecule has 0 heterocycles. The van der Waals surface area contributed by atoms with Crippen LogP contribution in [0.1, 0.15) is 67.8 Å². The van der Waals surface area contributed by atoms with Crippen LogP contribution in [0.15, 0.2) is 54.6 Å². The maximum atomic E-state index is 13.8. The van der Waals surface area contributed by atoms with Crippen LogP contribution in [0.2, 0.25) is 0 Å². The minimum absolute atomic E-state index is 0.0118. The minimum atomic E-state index is -0.417. The van der Waals surface area contributed by atoms with Crippen molar-refractivity contribution in [3.63, 3.8) is 0 Å². The third-order valence-corrected chi connectivity index (χ3v) is 7.32. The number of amides is 2. The van der Waals surface area contributed by atoms with Crippen LogP contribution in [0, 0.1) is 9.49 Å². The van der Waals surface area contributed by atoms with Crippen molar-refractivity contribution in [2.24, 2.45) is 5.92 Å². The van der Waals surface area contributed by atoms with Gasteiger partial charge in [-0.1, -0.05) is 75.1 Å². The molecule has 2 aromatic carbocycles. The fourth-order valence-corrected chi connectivity index (χ4v) is 5.22. The Labute approximate surface area is 206 Å². The van der Waals surface area contributed by atoms with Crippen LogP contribution in [0.25, 0.3) is 0 Å². The first-order valence-corrected chi connectivity index (χ1v) is 13.1. The normalized spacial score (nSPS) is 15.2. The summed E-state index contributed by atoms with van der Waals surface area (Å²) in [6.07, 6.45) is 8.22. The van der Waals surface area contributed by atoms with E-state index in [4.69, 9.17) is 0 Å². The molecule has 0 saturated heterocycles. The summed E-state index contributed by atoms with van der Waals surface area (Å²) in [6, 6.07) is 17.5. The van der Waals surface area contributed by atoms with Crippen LogP contribution in [-0.2, 0) is 11.2 Å². The van der Waals surface area contributed by atoms with E-state index in [2.05, 4.69) is 47.0 Å². The molecule has 4 nitrogen and oxygen atoms in total. The molecule has 32 heavy (non-hydrogen) atoms. The predicted octanol–water partition coefficient (Wildman–Crippen LogP) is 5.84. The number of hydrogen-bond acceptors (Lipinski definition) is 2. The van der Waals surface area contributed by atoms with Gasteiger partial charge >= 0.3 is 0 Å². The summed E-state index contributed by atoms with van der Waals surface area (Å²) >= 11 is 2.22. The molecule has 0 spiro atoms. The molecule has 1 atom stereocenters. The van der Waals surface area contributed by atoms with Gasteiger partial charge in [-0.25, -0.2) is 0 Å². The third kappa shape index (κ3) is 6.80. The Morgan fingerprint density at radius 1 is 1.03 bits per heavy atom. The van der Waals surface area contributed by atoms with Crippen LogP contribution in [0.3, 0.4) is 0 Å². The number of unbranched alkanes of at least 4 members (excludes halogenated alkanes) is 1. The molecule has 1 aliphatic carbocycles. The Morgan fingerprint density at radius 2 is 1.72 bits per heavy atom. The Morgan fingerprint density at radius 3 is 2.41 bits per heavy atom. The van der Waals surface area contributed by atoms with Gasteiger partial charge in [0.1, 0.15) is 6.04 Å². The second-order valence-corrected chi connectivity index (χ2v) is 9.86. The standard InChI is InChI=1S/C27H35IN2O2/c1-2-3-19-29-26(31)25(22-14-8-5-9-15-22)30(20-18-21-12-6-4-7-13-21)27(32)23-16-10-11-17-24(23)28/h4,6-7,10-13,16-17,22,25H,2-3,5,8-9,14-15,18-20H2,1H3,(H,29,31). The number of hydrogen-bond donors (Lipinski definition) is 1. The van der Waals surface area contributed by atoms with Crippen molar-refractivity contribution in [2.75, 3.05) is 13.1 Å². The van der Waals surface area contributed by atoms with Gasteiger partial charge < -0.3 is 10.2 Å². The summed E-state index contributed by atoms with van der Waals surface area (Å²) in [4.78, 5) is 29.2. The Balaban J connectivity index is 1.92. The van der Waals surface area contributed by atoms with E-state index in [1.807, 2.05) is 47.4 Å². The van der Waals surface area contributed by atoms with E-state index in [-0.39, 0.29) is 17.7 Å². The van der Waals surface area contributed by atoms with Crippen LogP contribution < -0.4 is 5.32 Å². The highest BCUT2D eigenvalue weighted by Crippen LogP contribution is 2.31. The quantitative estimate of drug-likeness (QED) is 0.301. The van der Waals surface area contributed by atoms with E-state index < -0.39 is 6.04 Å². The Kier molecular flexibility index (Phi) is 10.0. The molecular formula is C27H35IN2O2. The van der Waals surface area contributed by atoms with Crippen molar-refractivity contribution in [3.8, 4) is 0 Å². The number of nitrogens with one attached hydrogen (secondary N) is 1. The lowest BCUT2D eigenvalue weighted by molar-refractivity contribution is -0.128. The van der Waals surface area contributed by atoms with Crippen LogP contribution >= 0.6 is 22.6 Å². The molecule has 1 unspecified atom stereocenters. The fraction of sp³-hybridized carbons (Fsp3) is 0.481. The molecule has 5 heteroatoms. The average Bonchev–Trinajstić information content (AvgIpc) is 2.83. The summed E-state index contributed by atoms with van der Waals surface area (Å²) in [7, 11) is 0. The summed E-state index contributed by atoms with van der Waals surface area (Å²) < 4.78 is 0.925. The molecule has 172 valence electrons. The molecule has 1 aliphatic rings. The summed E-state index contributed by atoms with van der Waals surface area (Å²) in [5.41, 5.74) is 1.87. The van der Waals surface area contributed by atoms with E-state index in [1.54, 1.807) is 0 Å². The maximum absolute atomic E-state index is 13.8. The molecule has 2 amide bonds. The van der Waals surface area contributed by atoms with Gasteiger partial charge in [0, 0.05) is 16.7 Å². The number of nitrogens with zero attached hydrogens (tertiary/aromatic N) is 1. The predicted molar refractivity (Wildman–Crippen MR) is 139 cm³/mol. The zero-order chi connectivity index (χ0) is 22.8. The summed E-state index contributed by atoms with van der Waals surface area (Å²) in [5, 5.41) is 3.15. The van der Waals surface area contributed by atoms with E-state index in [0.29, 0.717) is 18.7 Å². The molecule has 0 aromatic heterocycles. The van der Waals surface area contributed by atoms with Crippen LogP contribution in [-0.4, -0.2) is 35.8 Å². The summed E-state index contributed by atoms with van der Waals surface area (Å²) in [5.74, 6) is 0.191. The lowest BCUT2D eigenvalue weighted by Crippen LogP contribution is -2.54. The highest BCUT2D eigenvalue weighted by atomic mass is 127. The van der Waals surface area contributed by atoms with Gasteiger partial charge in [0.05, 0.1) is 5.56 Å². The monoisotopic (exact) mass is 546 g/mol. The SMILES string of the molecule is CCCCNC(=O)C(C1CCCCC1)N(CCc1ccccc1)C(=O)c1ccccc1I. The van der Waals surface area contributed by atoms with E-state index >= 15 is 0 Å².